The van der Waals surface area contributed by atoms with Gasteiger partial charge in [0.1, 0.15) is 5.01 Å². The molecule has 0 aliphatic heterocycles. The molecule has 0 bridgehead atoms. The number of thiazole rings is 1. The van der Waals surface area contributed by atoms with Crippen molar-refractivity contribution in [1.82, 2.24) is 4.98 Å². The first-order valence-corrected chi connectivity index (χ1v) is 6.76. The third-order valence-electron chi connectivity index (χ3n) is 2.60. The highest BCUT2D eigenvalue weighted by Crippen LogP contribution is 2.28. The Bertz CT molecular complexity index is 665. The van der Waals surface area contributed by atoms with E-state index in [4.69, 9.17) is 17.2 Å². The molecule has 0 spiro atoms. The van der Waals surface area contributed by atoms with Crippen LogP contribution >= 0.6 is 11.3 Å². The minimum atomic E-state index is -0.0646. The Morgan fingerprint density at radius 2 is 1.80 bits per heavy atom. The lowest BCUT2D eigenvalue weighted by molar-refractivity contribution is 1.19. The Kier molecular flexibility index (Phi) is 3.99. The molecule has 0 saturated heterocycles. The highest BCUT2D eigenvalue weighted by molar-refractivity contribution is 7.17. The lowest BCUT2D eigenvalue weighted by atomic mass is 10.2. The molecule has 0 aliphatic carbocycles. The van der Waals surface area contributed by atoms with Gasteiger partial charge in [-0.15, -0.1) is 16.4 Å². The van der Waals surface area contributed by atoms with Crippen molar-refractivity contribution in [3.63, 3.8) is 0 Å². The van der Waals surface area contributed by atoms with E-state index < -0.39 is 0 Å². The van der Waals surface area contributed by atoms with Crippen LogP contribution in [0.25, 0.3) is 10.6 Å². The molecule has 0 fully saturated rings. The minimum Gasteiger partial charge on any atom is -0.399 e. The maximum absolute atomic E-state index is 5.68. The van der Waals surface area contributed by atoms with E-state index in [1.165, 1.54) is 0 Å². The SMILES string of the molecule is C/C(=N\N=C(N)N)c1sc(-c2ccc(N)cc2)nc1C. The Morgan fingerprint density at radius 3 is 2.40 bits per heavy atom. The molecule has 0 amide bonds. The van der Waals surface area contributed by atoms with E-state index in [2.05, 4.69) is 15.2 Å². The van der Waals surface area contributed by atoms with Gasteiger partial charge in [-0.25, -0.2) is 4.98 Å². The summed E-state index contributed by atoms with van der Waals surface area (Å²) in [5.41, 5.74) is 19.6. The number of nitrogens with two attached hydrogens (primary N) is 3. The van der Waals surface area contributed by atoms with Crippen LogP contribution in [0, 0.1) is 6.92 Å². The summed E-state index contributed by atoms with van der Waals surface area (Å²) >= 11 is 1.54. The maximum Gasteiger partial charge on any atom is 0.211 e. The molecular weight excluding hydrogens is 272 g/mol. The summed E-state index contributed by atoms with van der Waals surface area (Å²) in [6.07, 6.45) is 0. The van der Waals surface area contributed by atoms with E-state index in [0.29, 0.717) is 0 Å². The Balaban J connectivity index is 2.37. The molecule has 20 heavy (non-hydrogen) atoms. The number of guanidine groups is 1. The third kappa shape index (κ3) is 3.12. The monoisotopic (exact) mass is 288 g/mol. The molecule has 7 heteroatoms. The number of hydrogen-bond acceptors (Lipinski definition) is 5. The van der Waals surface area contributed by atoms with E-state index in [0.717, 1.165) is 32.5 Å². The molecule has 0 aliphatic rings. The number of aromatic nitrogens is 1. The summed E-state index contributed by atoms with van der Waals surface area (Å²) in [6.45, 7) is 3.78. The van der Waals surface area contributed by atoms with Gasteiger partial charge in [-0.3, -0.25) is 0 Å². The van der Waals surface area contributed by atoms with Crippen LogP contribution in [0.3, 0.4) is 0 Å². The van der Waals surface area contributed by atoms with E-state index in [1.807, 2.05) is 38.1 Å². The number of rotatable bonds is 3. The molecule has 0 radical (unpaired) electrons. The van der Waals surface area contributed by atoms with Crippen LogP contribution in [0.5, 0.6) is 0 Å². The van der Waals surface area contributed by atoms with Crippen molar-refractivity contribution in [2.75, 3.05) is 5.73 Å². The zero-order valence-corrected chi connectivity index (χ0v) is 12.1. The standard InChI is InChI=1S/C13H16N6S/c1-7-11(8(2)18-19-13(15)16)20-12(17-7)9-3-5-10(14)6-4-9/h3-6H,14H2,1-2H3,(H4,15,16,19)/b18-8+. The highest BCUT2D eigenvalue weighted by atomic mass is 32.1. The second-order valence-electron chi connectivity index (χ2n) is 4.27. The topological polar surface area (TPSA) is 116 Å². The number of nitrogen functional groups attached to an aromatic ring is 1. The first-order valence-electron chi connectivity index (χ1n) is 5.94. The smallest absolute Gasteiger partial charge is 0.211 e. The molecule has 0 atom stereocenters. The van der Waals surface area contributed by atoms with Crippen LogP contribution in [0.4, 0.5) is 5.69 Å². The van der Waals surface area contributed by atoms with Gasteiger partial charge in [0.05, 0.1) is 16.3 Å². The van der Waals surface area contributed by atoms with E-state index in [-0.39, 0.29) is 5.96 Å². The number of nitrogens with zero attached hydrogens (tertiary/aromatic N) is 3. The Hall–Kier alpha value is -2.41. The van der Waals surface area contributed by atoms with E-state index >= 15 is 0 Å². The summed E-state index contributed by atoms with van der Waals surface area (Å²) in [5.74, 6) is -0.0646. The molecule has 2 aromatic rings. The summed E-state index contributed by atoms with van der Waals surface area (Å²) < 4.78 is 0. The summed E-state index contributed by atoms with van der Waals surface area (Å²) in [7, 11) is 0. The summed E-state index contributed by atoms with van der Waals surface area (Å²) in [6, 6.07) is 7.60. The van der Waals surface area contributed by atoms with Gasteiger partial charge in [0.2, 0.25) is 5.96 Å². The van der Waals surface area contributed by atoms with Gasteiger partial charge in [-0.05, 0) is 38.1 Å². The van der Waals surface area contributed by atoms with Crippen LogP contribution < -0.4 is 17.2 Å². The van der Waals surface area contributed by atoms with Gasteiger partial charge in [0.15, 0.2) is 0 Å². The van der Waals surface area contributed by atoms with Gasteiger partial charge >= 0.3 is 0 Å². The molecule has 1 aromatic heterocycles. The van der Waals surface area contributed by atoms with Gasteiger partial charge in [-0.2, -0.15) is 5.10 Å². The quantitative estimate of drug-likeness (QED) is 0.345. The van der Waals surface area contributed by atoms with Crippen LogP contribution in [-0.4, -0.2) is 16.7 Å². The fourth-order valence-electron chi connectivity index (χ4n) is 1.66. The molecular formula is C13H16N6S. The molecule has 1 heterocycles. The van der Waals surface area contributed by atoms with Crippen LogP contribution in [0.15, 0.2) is 34.5 Å². The number of benzene rings is 1. The first kappa shape index (κ1) is 14.0. The predicted octanol–water partition coefficient (Wildman–Crippen LogP) is 1.70. The van der Waals surface area contributed by atoms with E-state index in [9.17, 15) is 0 Å². The zero-order valence-electron chi connectivity index (χ0n) is 11.3. The summed E-state index contributed by atoms with van der Waals surface area (Å²) in [4.78, 5) is 5.50. The fraction of sp³-hybridized carbons (Fsp3) is 0.154. The number of hydrogen-bond donors (Lipinski definition) is 3. The average molecular weight is 288 g/mol. The molecule has 6 N–H and O–H groups in total. The Labute approximate surface area is 121 Å². The maximum atomic E-state index is 5.68. The minimum absolute atomic E-state index is 0.0646. The van der Waals surface area contributed by atoms with Crippen molar-refractivity contribution >= 4 is 28.7 Å². The van der Waals surface area contributed by atoms with E-state index in [1.54, 1.807) is 11.3 Å². The first-order chi connectivity index (χ1) is 9.47. The molecule has 6 nitrogen and oxygen atoms in total. The van der Waals surface area contributed by atoms with Crippen molar-refractivity contribution in [1.29, 1.82) is 0 Å². The van der Waals surface area contributed by atoms with Gasteiger partial charge in [0, 0.05) is 11.3 Å². The fourth-order valence-corrected chi connectivity index (χ4v) is 2.67. The lowest BCUT2D eigenvalue weighted by Crippen LogP contribution is -2.22. The predicted molar refractivity (Wildman–Crippen MR) is 84.7 cm³/mol. The molecule has 104 valence electrons. The average Bonchev–Trinajstić information content (AvgIpc) is 2.79. The molecule has 0 saturated carbocycles. The number of anilines is 1. The third-order valence-corrected chi connectivity index (χ3v) is 3.91. The van der Waals surface area contributed by atoms with Gasteiger partial charge in [0.25, 0.3) is 0 Å². The van der Waals surface area contributed by atoms with Crippen molar-refractivity contribution < 1.29 is 0 Å². The van der Waals surface area contributed by atoms with Crippen molar-refractivity contribution in [3.8, 4) is 10.6 Å². The van der Waals surface area contributed by atoms with Crippen molar-refractivity contribution in [2.24, 2.45) is 21.7 Å². The van der Waals surface area contributed by atoms with Gasteiger partial charge in [-0.1, -0.05) is 0 Å². The highest BCUT2D eigenvalue weighted by Gasteiger charge is 2.11. The van der Waals surface area contributed by atoms with Crippen LogP contribution in [0.1, 0.15) is 17.5 Å². The lowest BCUT2D eigenvalue weighted by Gasteiger charge is -1.96. The second kappa shape index (κ2) is 5.70. The summed E-state index contributed by atoms with van der Waals surface area (Å²) in [5, 5.41) is 8.55. The van der Waals surface area contributed by atoms with Crippen LogP contribution in [-0.2, 0) is 0 Å². The van der Waals surface area contributed by atoms with Crippen molar-refractivity contribution in [2.45, 2.75) is 13.8 Å². The van der Waals surface area contributed by atoms with Crippen LogP contribution in [0.2, 0.25) is 0 Å². The second-order valence-corrected chi connectivity index (χ2v) is 5.26. The Morgan fingerprint density at radius 1 is 1.15 bits per heavy atom. The van der Waals surface area contributed by atoms with Gasteiger partial charge < -0.3 is 17.2 Å². The molecule has 0 unspecified atom stereocenters. The number of aryl methyl sites for hydroxylation is 1. The zero-order chi connectivity index (χ0) is 14.7. The molecule has 2 rings (SSSR count). The normalized spacial score (nSPS) is 11.4. The van der Waals surface area contributed by atoms with Crippen molar-refractivity contribution in [3.05, 3.63) is 34.8 Å². The largest absolute Gasteiger partial charge is 0.399 e. The molecule has 1 aromatic carbocycles.